The fraction of sp³-hybridized carbons (Fsp3) is 0.462. The van der Waals surface area contributed by atoms with Gasteiger partial charge in [0.05, 0.1) is 23.3 Å². The van der Waals surface area contributed by atoms with Gasteiger partial charge in [-0.05, 0) is 31.0 Å². The van der Waals surface area contributed by atoms with E-state index in [0.29, 0.717) is 5.69 Å². The highest BCUT2D eigenvalue weighted by Gasteiger charge is 2.34. The van der Waals surface area contributed by atoms with Gasteiger partial charge in [-0.1, -0.05) is 0 Å². The summed E-state index contributed by atoms with van der Waals surface area (Å²) in [4.78, 5) is 0. The number of benzene rings is 1. The van der Waals surface area contributed by atoms with Crippen molar-refractivity contribution >= 4 is 5.69 Å². The van der Waals surface area contributed by atoms with Gasteiger partial charge in [0.1, 0.15) is 0 Å². The Morgan fingerprint density at radius 3 is 2.58 bits per heavy atom. The second-order valence-electron chi connectivity index (χ2n) is 4.54. The van der Waals surface area contributed by atoms with Crippen LogP contribution in [0.5, 0.6) is 0 Å². The minimum Gasteiger partial charge on any atom is -0.382 e. The van der Waals surface area contributed by atoms with E-state index in [1.165, 1.54) is 12.1 Å². The van der Waals surface area contributed by atoms with Crippen molar-refractivity contribution in [1.29, 1.82) is 5.26 Å². The quantitative estimate of drug-likeness (QED) is 0.917. The number of ether oxygens (including phenoxy) is 1. The smallest absolute Gasteiger partial charge is 0.382 e. The highest BCUT2D eigenvalue weighted by molar-refractivity contribution is 5.54. The van der Waals surface area contributed by atoms with E-state index in [0.717, 1.165) is 18.9 Å². The van der Waals surface area contributed by atoms with E-state index in [1.807, 2.05) is 0 Å². The van der Waals surface area contributed by atoms with Crippen LogP contribution in [0.4, 0.5) is 18.9 Å². The molecule has 0 saturated heterocycles. The Bertz CT molecular complexity index is 502. The van der Waals surface area contributed by atoms with Gasteiger partial charge in [-0.2, -0.15) is 18.4 Å². The molecule has 1 fully saturated rings. The lowest BCUT2D eigenvalue weighted by Gasteiger charge is -2.35. The summed E-state index contributed by atoms with van der Waals surface area (Å²) in [5.41, 5.74) is -0.729. The molecular formula is C13H13F3N2O. The second kappa shape index (κ2) is 5.10. The molecule has 1 aromatic rings. The highest BCUT2D eigenvalue weighted by Crippen LogP contribution is 2.34. The molecule has 0 radical (unpaired) electrons. The molecule has 0 aromatic heterocycles. The fourth-order valence-electron chi connectivity index (χ4n) is 2.09. The topological polar surface area (TPSA) is 45.0 Å². The minimum absolute atomic E-state index is 0.188. The lowest BCUT2D eigenvalue weighted by molar-refractivity contribution is -0.137. The first-order valence-corrected chi connectivity index (χ1v) is 5.84. The zero-order chi connectivity index (χ0) is 14.0. The van der Waals surface area contributed by atoms with Crippen LogP contribution >= 0.6 is 0 Å². The first kappa shape index (κ1) is 13.7. The summed E-state index contributed by atoms with van der Waals surface area (Å²) in [7, 11) is 1.63. The van der Waals surface area contributed by atoms with Crippen LogP contribution in [0.2, 0.25) is 0 Å². The minimum atomic E-state index is -4.50. The number of methoxy groups -OCH3 is 1. The van der Waals surface area contributed by atoms with Crippen molar-refractivity contribution in [3.05, 3.63) is 29.3 Å². The van der Waals surface area contributed by atoms with Gasteiger partial charge in [-0.15, -0.1) is 0 Å². The number of nitriles is 1. The SMILES string of the molecule is COC1CC(Nc2ccc(C(F)(F)F)c(C#N)c2)C1. The van der Waals surface area contributed by atoms with Crippen LogP contribution in [-0.2, 0) is 10.9 Å². The largest absolute Gasteiger partial charge is 0.417 e. The molecule has 0 spiro atoms. The van der Waals surface area contributed by atoms with Crippen molar-refractivity contribution < 1.29 is 17.9 Å². The first-order valence-electron chi connectivity index (χ1n) is 5.84. The van der Waals surface area contributed by atoms with Gasteiger partial charge in [0.25, 0.3) is 0 Å². The molecule has 102 valence electrons. The van der Waals surface area contributed by atoms with Crippen LogP contribution in [0.3, 0.4) is 0 Å². The summed E-state index contributed by atoms with van der Waals surface area (Å²) < 4.78 is 43.0. The number of alkyl halides is 3. The molecule has 19 heavy (non-hydrogen) atoms. The summed E-state index contributed by atoms with van der Waals surface area (Å²) in [6, 6.07) is 5.30. The number of hydrogen-bond donors (Lipinski definition) is 1. The van der Waals surface area contributed by atoms with Gasteiger partial charge in [0, 0.05) is 18.8 Å². The van der Waals surface area contributed by atoms with Gasteiger partial charge in [-0.25, -0.2) is 0 Å². The number of hydrogen-bond acceptors (Lipinski definition) is 3. The number of halogens is 3. The lowest BCUT2D eigenvalue weighted by Crippen LogP contribution is -2.40. The number of anilines is 1. The molecule has 2 rings (SSSR count). The van der Waals surface area contributed by atoms with E-state index in [-0.39, 0.29) is 17.7 Å². The predicted octanol–water partition coefficient (Wildman–Crippen LogP) is 3.17. The molecule has 1 aliphatic carbocycles. The Hall–Kier alpha value is -1.74. The number of nitrogens with one attached hydrogen (secondary N) is 1. The van der Waals surface area contributed by atoms with Crippen LogP contribution in [0.15, 0.2) is 18.2 Å². The third-order valence-corrected chi connectivity index (χ3v) is 3.24. The molecular weight excluding hydrogens is 257 g/mol. The van der Waals surface area contributed by atoms with Crippen molar-refractivity contribution in [2.24, 2.45) is 0 Å². The fourth-order valence-corrected chi connectivity index (χ4v) is 2.09. The molecule has 1 saturated carbocycles. The summed E-state index contributed by atoms with van der Waals surface area (Å²) >= 11 is 0. The summed E-state index contributed by atoms with van der Waals surface area (Å²) in [5, 5.41) is 11.9. The molecule has 6 heteroatoms. The average Bonchev–Trinajstić information content (AvgIpc) is 2.31. The third-order valence-electron chi connectivity index (χ3n) is 3.24. The molecule has 1 N–H and O–H groups in total. The normalized spacial score (nSPS) is 22.5. The van der Waals surface area contributed by atoms with Crippen LogP contribution in [0.1, 0.15) is 24.0 Å². The van der Waals surface area contributed by atoms with Gasteiger partial charge in [0.15, 0.2) is 0 Å². The van der Waals surface area contributed by atoms with Crippen molar-refractivity contribution in [3.8, 4) is 6.07 Å². The summed E-state index contributed by atoms with van der Waals surface area (Å²) in [5.74, 6) is 0. The lowest BCUT2D eigenvalue weighted by atomic mass is 9.89. The molecule has 0 aliphatic heterocycles. The Kier molecular flexibility index (Phi) is 3.67. The molecule has 0 bridgehead atoms. The predicted molar refractivity (Wildman–Crippen MR) is 63.6 cm³/mol. The Morgan fingerprint density at radius 1 is 1.37 bits per heavy atom. The molecule has 3 nitrogen and oxygen atoms in total. The second-order valence-corrected chi connectivity index (χ2v) is 4.54. The Labute approximate surface area is 109 Å². The molecule has 0 unspecified atom stereocenters. The standard InChI is InChI=1S/C13H13F3N2O/c1-19-11-5-10(6-11)18-9-2-3-12(13(14,15)16)8(4-9)7-17/h2-4,10-11,18H,5-6H2,1H3. The summed E-state index contributed by atoms with van der Waals surface area (Å²) in [6.07, 6.45) is -2.65. The van der Waals surface area contributed by atoms with E-state index in [2.05, 4.69) is 5.32 Å². The maximum absolute atomic E-state index is 12.6. The number of nitrogens with zero attached hydrogens (tertiary/aromatic N) is 1. The summed E-state index contributed by atoms with van der Waals surface area (Å²) in [6.45, 7) is 0. The van der Waals surface area contributed by atoms with Gasteiger partial charge in [0.2, 0.25) is 0 Å². The van der Waals surface area contributed by atoms with Gasteiger partial charge >= 0.3 is 6.18 Å². The Morgan fingerprint density at radius 2 is 2.05 bits per heavy atom. The highest BCUT2D eigenvalue weighted by atomic mass is 19.4. The van der Waals surface area contributed by atoms with Crippen LogP contribution in [0.25, 0.3) is 0 Å². The number of rotatable bonds is 3. The zero-order valence-corrected chi connectivity index (χ0v) is 10.3. The van der Waals surface area contributed by atoms with Crippen LogP contribution in [0, 0.1) is 11.3 Å². The van der Waals surface area contributed by atoms with Gasteiger partial charge in [-0.3, -0.25) is 0 Å². The van der Waals surface area contributed by atoms with Crippen molar-refractivity contribution in [3.63, 3.8) is 0 Å². The maximum atomic E-state index is 12.6. The zero-order valence-electron chi connectivity index (χ0n) is 10.3. The molecule has 0 heterocycles. The Balaban J connectivity index is 2.10. The van der Waals surface area contributed by atoms with E-state index < -0.39 is 11.7 Å². The van der Waals surface area contributed by atoms with Gasteiger partial charge < -0.3 is 10.1 Å². The van der Waals surface area contributed by atoms with Crippen molar-refractivity contribution in [2.75, 3.05) is 12.4 Å². The average molecular weight is 270 g/mol. The third kappa shape index (κ3) is 2.99. The van der Waals surface area contributed by atoms with E-state index in [1.54, 1.807) is 13.2 Å². The molecule has 1 aromatic carbocycles. The van der Waals surface area contributed by atoms with Crippen LogP contribution in [-0.4, -0.2) is 19.3 Å². The monoisotopic (exact) mass is 270 g/mol. The molecule has 1 aliphatic rings. The van der Waals surface area contributed by atoms with E-state index in [4.69, 9.17) is 10.00 Å². The first-order chi connectivity index (χ1) is 8.94. The van der Waals surface area contributed by atoms with Crippen molar-refractivity contribution in [2.45, 2.75) is 31.2 Å². The van der Waals surface area contributed by atoms with Crippen molar-refractivity contribution in [1.82, 2.24) is 0 Å². The van der Waals surface area contributed by atoms with Crippen LogP contribution < -0.4 is 5.32 Å². The maximum Gasteiger partial charge on any atom is 0.417 e. The van der Waals surface area contributed by atoms with E-state index >= 15 is 0 Å². The van der Waals surface area contributed by atoms with E-state index in [9.17, 15) is 13.2 Å². The molecule has 0 atom stereocenters. The molecule has 0 amide bonds.